The Hall–Kier alpha value is -1.23. The summed E-state index contributed by atoms with van der Waals surface area (Å²) in [5, 5.41) is 0. The highest BCUT2D eigenvalue weighted by molar-refractivity contribution is 5.28. The van der Waals surface area contributed by atoms with Crippen LogP contribution in [0, 0.1) is 0 Å². The zero-order valence-electron chi connectivity index (χ0n) is 9.14. The summed E-state index contributed by atoms with van der Waals surface area (Å²) in [6.45, 7) is 3.71. The second-order valence-corrected chi connectivity index (χ2v) is 4.36. The number of ether oxygens (including phenoxy) is 1. The van der Waals surface area contributed by atoms with Crippen LogP contribution in [-0.2, 0) is 6.42 Å². The monoisotopic (exact) mass is 233 g/mol. The Morgan fingerprint density at radius 1 is 1.12 bits per heavy atom. The molecule has 0 atom stereocenters. The summed E-state index contributed by atoms with van der Waals surface area (Å²) in [4.78, 5) is 0. The van der Waals surface area contributed by atoms with Crippen molar-refractivity contribution in [3.05, 3.63) is 29.8 Å². The molecular weight excluding hydrogens is 219 g/mol. The maximum atomic E-state index is 11.9. The van der Waals surface area contributed by atoms with Crippen LogP contribution in [0.15, 0.2) is 24.3 Å². The molecule has 0 heterocycles. The number of benzene rings is 1. The molecule has 0 aliphatic carbocycles. The predicted octanol–water partition coefficient (Wildman–Crippen LogP) is 2.87. The first kappa shape index (κ1) is 12.8. The van der Waals surface area contributed by atoms with Gasteiger partial charge in [-0.3, -0.25) is 0 Å². The van der Waals surface area contributed by atoms with Gasteiger partial charge in [0, 0.05) is 5.54 Å². The molecule has 0 spiro atoms. The van der Waals surface area contributed by atoms with Crippen molar-refractivity contribution in [2.75, 3.05) is 0 Å². The van der Waals surface area contributed by atoms with Crippen molar-refractivity contribution in [1.29, 1.82) is 0 Å². The van der Waals surface area contributed by atoms with Gasteiger partial charge >= 0.3 is 6.36 Å². The maximum absolute atomic E-state index is 11.9. The molecule has 0 radical (unpaired) electrons. The number of nitrogens with two attached hydrogens (primary N) is 1. The molecule has 0 amide bonds. The molecule has 1 aromatic carbocycles. The smallest absolute Gasteiger partial charge is 0.406 e. The van der Waals surface area contributed by atoms with E-state index in [4.69, 9.17) is 5.73 Å². The topological polar surface area (TPSA) is 35.2 Å². The van der Waals surface area contributed by atoms with Gasteiger partial charge in [0.05, 0.1) is 0 Å². The summed E-state index contributed by atoms with van der Waals surface area (Å²) >= 11 is 0. The number of hydrogen-bond donors (Lipinski definition) is 1. The molecule has 2 N–H and O–H groups in total. The van der Waals surface area contributed by atoms with Gasteiger partial charge in [0.15, 0.2) is 0 Å². The summed E-state index contributed by atoms with van der Waals surface area (Å²) in [6, 6.07) is 5.73. The Morgan fingerprint density at radius 2 is 1.62 bits per heavy atom. The molecule has 1 rings (SSSR count). The van der Waals surface area contributed by atoms with Crippen LogP contribution in [0.4, 0.5) is 13.2 Å². The van der Waals surface area contributed by atoms with E-state index in [1.54, 1.807) is 12.1 Å². The van der Waals surface area contributed by atoms with E-state index in [2.05, 4.69) is 4.74 Å². The van der Waals surface area contributed by atoms with Gasteiger partial charge in [-0.2, -0.15) is 0 Å². The van der Waals surface area contributed by atoms with Crippen LogP contribution in [0.1, 0.15) is 19.4 Å². The summed E-state index contributed by atoms with van der Waals surface area (Å²) in [7, 11) is 0. The van der Waals surface area contributed by atoms with Gasteiger partial charge in [-0.05, 0) is 38.0 Å². The molecule has 0 aromatic heterocycles. The molecule has 2 nitrogen and oxygen atoms in total. The third kappa shape index (κ3) is 5.02. The first-order valence-electron chi connectivity index (χ1n) is 4.79. The molecular formula is C11H14F3NO. The van der Waals surface area contributed by atoms with Gasteiger partial charge in [-0.1, -0.05) is 12.1 Å². The highest BCUT2D eigenvalue weighted by atomic mass is 19.4. The largest absolute Gasteiger partial charge is 0.573 e. The number of alkyl halides is 3. The fourth-order valence-electron chi connectivity index (χ4n) is 1.34. The van der Waals surface area contributed by atoms with Crippen molar-refractivity contribution in [1.82, 2.24) is 0 Å². The van der Waals surface area contributed by atoms with E-state index < -0.39 is 6.36 Å². The van der Waals surface area contributed by atoms with Crippen LogP contribution < -0.4 is 10.5 Å². The molecule has 0 unspecified atom stereocenters. The second kappa shape index (κ2) is 4.33. The van der Waals surface area contributed by atoms with Gasteiger partial charge in [0.2, 0.25) is 0 Å². The number of rotatable bonds is 3. The fourth-order valence-corrected chi connectivity index (χ4v) is 1.34. The van der Waals surface area contributed by atoms with Crippen LogP contribution in [0.3, 0.4) is 0 Å². The lowest BCUT2D eigenvalue weighted by Gasteiger charge is -2.18. The lowest BCUT2D eigenvalue weighted by molar-refractivity contribution is -0.274. The lowest BCUT2D eigenvalue weighted by Crippen LogP contribution is -2.34. The van der Waals surface area contributed by atoms with E-state index in [-0.39, 0.29) is 11.3 Å². The fraction of sp³-hybridized carbons (Fsp3) is 0.455. The van der Waals surface area contributed by atoms with Crippen LogP contribution in [0.25, 0.3) is 0 Å². The summed E-state index contributed by atoms with van der Waals surface area (Å²) in [5.74, 6) is -0.217. The zero-order valence-corrected chi connectivity index (χ0v) is 9.14. The van der Waals surface area contributed by atoms with Crippen LogP contribution in [0.5, 0.6) is 5.75 Å². The van der Waals surface area contributed by atoms with E-state index >= 15 is 0 Å². The van der Waals surface area contributed by atoms with Crippen molar-refractivity contribution < 1.29 is 17.9 Å². The summed E-state index contributed by atoms with van der Waals surface area (Å²) < 4.78 is 39.4. The summed E-state index contributed by atoms with van der Waals surface area (Å²) in [6.07, 6.45) is -4.05. The van der Waals surface area contributed by atoms with E-state index in [1.807, 2.05) is 13.8 Å². The highest BCUT2D eigenvalue weighted by Gasteiger charge is 2.30. The molecule has 0 bridgehead atoms. The van der Waals surface area contributed by atoms with Gasteiger partial charge in [-0.25, -0.2) is 0 Å². The standard InChI is InChI=1S/C11H14F3NO/c1-10(2,15)7-8-3-5-9(6-4-8)16-11(12,13)14/h3-6H,7,15H2,1-2H3. The Kier molecular flexibility index (Phi) is 3.48. The molecule has 1 aromatic rings. The molecule has 0 aliphatic rings. The average Bonchev–Trinajstić information content (AvgIpc) is 2.03. The molecule has 0 saturated heterocycles. The summed E-state index contributed by atoms with van der Waals surface area (Å²) in [5.41, 5.74) is 6.29. The van der Waals surface area contributed by atoms with Crippen molar-refractivity contribution in [3.63, 3.8) is 0 Å². The third-order valence-corrected chi connectivity index (χ3v) is 1.82. The Balaban J connectivity index is 2.69. The van der Waals surface area contributed by atoms with Gasteiger partial charge in [0.1, 0.15) is 5.75 Å². The molecule has 0 aliphatic heterocycles. The van der Waals surface area contributed by atoms with Crippen molar-refractivity contribution >= 4 is 0 Å². The van der Waals surface area contributed by atoms with Crippen molar-refractivity contribution in [2.24, 2.45) is 5.73 Å². The minimum absolute atomic E-state index is 0.217. The molecule has 90 valence electrons. The normalized spacial score (nSPS) is 12.6. The number of hydrogen-bond acceptors (Lipinski definition) is 2. The van der Waals surface area contributed by atoms with Gasteiger partial charge < -0.3 is 10.5 Å². The SMILES string of the molecule is CC(C)(N)Cc1ccc(OC(F)(F)F)cc1. The first-order chi connectivity index (χ1) is 7.16. The van der Waals surface area contributed by atoms with E-state index in [0.29, 0.717) is 6.42 Å². The Bertz CT molecular complexity index is 303. The van der Waals surface area contributed by atoms with E-state index in [9.17, 15) is 13.2 Å². The second-order valence-electron chi connectivity index (χ2n) is 4.36. The quantitative estimate of drug-likeness (QED) is 0.871. The first-order valence-corrected chi connectivity index (χ1v) is 4.79. The van der Waals surface area contributed by atoms with Crippen molar-refractivity contribution in [2.45, 2.75) is 32.2 Å². The van der Waals surface area contributed by atoms with Crippen molar-refractivity contribution in [3.8, 4) is 5.75 Å². The van der Waals surface area contributed by atoms with E-state index in [0.717, 1.165) is 5.56 Å². The third-order valence-electron chi connectivity index (χ3n) is 1.82. The average molecular weight is 233 g/mol. The van der Waals surface area contributed by atoms with E-state index in [1.165, 1.54) is 12.1 Å². The lowest BCUT2D eigenvalue weighted by atomic mass is 9.96. The Labute approximate surface area is 92.2 Å². The van der Waals surface area contributed by atoms with Crippen LogP contribution >= 0.6 is 0 Å². The minimum atomic E-state index is -4.64. The highest BCUT2D eigenvalue weighted by Crippen LogP contribution is 2.23. The molecule has 0 saturated carbocycles. The van der Waals surface area contributed by atoms with Gasteiger partial charge in [-0.15, -0.1) is 13.2 Å². The maximum Gasteiger partial charge on any atom is 0.573 e. The minimum Gasteiger partial charge on any atom is -0.406 e. The van der Waals surface area contributed by atoms with Crippen LogP contribution in [0.2, 0.25) is 0 Å². The molecule has 16 heavy (non-hydrogen) atoms. The Morgan fingerprint density at radius 3 is 2.00 bits per heavy atom. The molecule has 5 heteroatoms. The zero-order chi connectivity index (χ0) is 12.4. The predicted molar refractivity (Wildman–Crippen MR) is 55.1 cm³/mol. The van der Waals surface area contributed by atoms with Gasteiger partial charge in [0.25, 0.3) is 0 Å². The van der Waals surface area contributed by atoms with Crippen LogP contribution in [-0.4, -0.2) is 11.9 Å². The number of halogens is 3. The molecule has 0 fully saturated rings.